The monoisotopic (exact) mass is 298 g/mol. The molecule has 2 heteroatoms. The van der Waals surface area contributed by atoms with E-state index in [2.05, 4.69) is 19.6 Å². The van der Waals surface area contributed by atoms with Crippen LogP contribution in [0.3, 0.4) is 0 Å². The van der Waals surface area contributed by atoms with Crippen molar-refractivity contribution >= 4 is 0 Å². The van der Waals surface area contributed by atoms with Gasteiger partial charge in [-0.15, -0.1) is 6.58 Å². The van der Waals surface area contributed by atoms with Crippen LogP contribution < -0.4 is 0 Å². The summed E-state index contributed by atoms with van der Waals surface area (Å²) in [4.78, 5) is 0. The van der Waals surface area contributed by atoms with Crippen LogP contribution in [0.4, 0.5) is 0 Å². The van der Waals surface area contributed by atoms with Gasteiger partial charge in [0.25, 0.3) is 0 Å². The Hall–Kier alpha value is -1.28. The molecule has 2 saturated carbocycles. The maximum Gasteiger partial charge on any atom is 0.115 e. The zero-order chi connectivity index (χ0) is 15.5. The highest BCUT2D eigenvalue weighted by Crippen LogP contribution is 2.64. The van der Waals surface area contributed by atoms with E-state index in [0.717, 1.165) is 12.0 Å². The van der Waals surface area contributed by atoms with Crippen LogP contribution in [-0.4, -0.2) is 10.2 Å². The molecule has 0 spiro atoms. The minimum atomic E-state index is -0.423. The van der Waals surface area contributed by atoms with Crippen LogP contribution in [0, 0.1) is 23.2 Å². The molecule has 2 fully saturated rings. The van der Waals surface area contributed by atoms with Crippen molar-refractivity contribution in [1.82, 2.24) is 0 Å². The van der Waals surface area contributed by atoms with Crippen molar-refractivity contribution in [3.05, 3.63) is 42.0 Å². The zero-order valence-corrected chi connectivity index (χ0v) is 13.3. The first kappa shape index (κ1) is 14.3. The summed E-state index contributed by atoms with van der Waals surface area (Å²) in [5.41, 5.74) is 2.62. The number of aliphatic hydroxyl groups is 1. The maximum atomic E-state index is 10.6. The molecular weight excluding hydrogens is 272 g/mol. The first-order chi connectivity index (χ1) is 10.5. The molecule has 1 aromatic carbocycles. The molecule has 22 heavy (non-hydrogen) atoms. The Morgan fingerprint density at radius 3 is 2.82 bits per heavy atom. The smallest absolute Gasteiger partial charge is 0.115 e. The largest absolute Gasteiger partial charge is 0.508 e. The fourth-order valence-corrected chi connectivity index (χ4v) is 6.00. The summed E-state index contributed by atoms with van der Waals surface area (Å²) >= 11 is 0. The van der Waals surface area contributed by atoms with Gasteiger partial charge in [-0.2, -0.15) is 0 Å². The molecule has 1 aromatic rings. The molecule has 3 aliphatic rings. The van der Waals surface area contributed by atoms with Gasteiger partial charge in [0.15, 0.2) is 0 Å². The molecule has 0 bridgehead atoms. The summed E-state index contributed by atoms with van der Waals surface area (Å²) in [5, 5.41) is 20.4. The van der Waals surface area contributed by atoms with Gasteiger partial charge in [0.1, 0.15) is 5.75 Å². The third kappa shape index (κ3) is 1.83. The number of benzene rings is 1. The van der Waals surface area contributed by atoms with Gasteiger partial charge < -0.3 is 10.2 Å². The first-order valence-corrected chi connectivity index (χ1v) is 8.68. The van der Waals surface area contributed by atoms with Crippen LogP contribution in [0.5, 0.6) is 5.75 Å². The van der Waals surface area contributed by atoms with E-state index in [-0.39, 0.29) is 5.75 Å². The molecule has 0 saturated heterocycles. The van der Waals surface area contributed by atoms with E-state index >= 15 is 0 Å². The van der Waals surface area contributed by atoms with E-state index in [1.165, 1.54) is 31.2 Å². The van der Waals surface area contributed by atoms with Crippen molar-refractivity contribution in [1.29, 1.82) is 0 Å². The average molecular weight is 298 g/mol. The van der Waals surface area contributed by atoms with Crippen LogP contribution in [-0.2, 0) is 0 Å². The lowest BCUT2D eigenvalue weighted by atomic mass is 9.54. The fraction of sp³-hybridized carbons (Fsp3) is 0.600. The number of allylic oxidation sites excluding steroid dienone is 1. The topological polar surface area (TPSA) is 40.5 Å². The number of phenolic OH excluding ortho intramolecular Hbond substituents is 1. The van der Waals surface area contributed by atoms with Crippen LogP contribution in [0.1, 0.15) is 62.2 Å². The van der Waals surface area contributed by atoms with Crippen molar-refractivity contribution in [2.75, 3.05) is 0 Å². The van der Waals surface area contributed by atoms with Crippen molar-refractivity contribution in [3.63, 3.8) is 0 Å². The normalized spacial score (nSPS) is 43.1. The van der Waals surface area contributed by atoms with Gasteiger partial charge in [0, 0.05) is 0 Å². The molecule has 2 N–H and O–H groups in total. The van der Waals surface area contributed by atoms with Gasteiger partial charge in [0.05, 0.1) is 6.10 Å². The van der Waals surface area contributed by atoms with Crippen molar-refractivity contribution in [2.45, 2.75) is 51.0 Å². The molecule has 2 nitrogen and oxygen atoms in total. The Kier molecular flexibility index (Phi) is 3.16. The lowest BCUT2D eigenvalue weighted by Gasteiger charge is -2.51. The summed E-state index contributed by atoms with van der Waals surface area (Å²) < 4.78 is 0. The van der Waals surface area contributed by atoms with E-state index in [1.54, 1.807) is 12.1 Å². The third-order valence-electron chi connectivity index (χ3n) is 7.12. The molecule has 0 radical (unpaired) electrons. The van der Waals surface area contributed by atoms with Gasteiger partial charge >= 0.3 is 0 Å². The number of fused-ring (bicyclic) bond motifs is 5. The summed E-state index contributed by atoms with van der Waals surface area (Å²) in [5.74, 6) is 2.74. The quantitative estimate of drug-likeness (QED) is 0.747. The second kappa shape index (κ2) is 4.86. The molecular formula is C20H26O2. The van der Waals surface area contributed by atoms with E-state index in [0.29, 0.717) is 29.1 Å². The number of phenols is 1. The van der Waals surface area contributed by atoms with E-state index in [9.17, 15) is 10.2 Å². The molecule has 3 aliphatic carbocycles. The highest BCUT2D eigenvalue weighted by Gasteiger charge is 2.54. The second-order valence-corrected chi connectivity index (χ2v) is 7.91. The van der Waals surface area contributed by atoms with Gasteiger partial charge in [-0.1, -0.05) is 19.1 Å². The summed E-state index contributed by atoms with van der Waals surface area (Å²) in [6, 6.07) is 5.60. The van der Waals surface area contributed by atoms with Crippen LogP contribution >= 0.6 is 0 Å². The lowest BCUT2D eigenvalue weighted by Crippen LogP contribution is -2.42. The summed E-state index contributed by atoms with van der Waals surface area (Å²) in [6.07, 6.45) is 7.59. The Morgan fingerprint density at radius 2 is 2.05 bits per heavy atom. The summed E-state index contributed by atoms with van der Waals surface area (Å²) in [6.45, 7) is 6.52. The Labute approximate surface area is 132 Å². The number of hydrogen-bond donors (Lipinski definition) is 2. The van der Waals surface area contributed by atoms with Crippen molar-refractivity contribution in [2.24, 2.45) is 23.2 Å². The minimum Gasteiger partial charge on any atom is -0.508 e. The fourth-order valence-electron chi connectivity index (χ4n) is 6.00. The minimum absolute atomic E-state index is 0.268. The molecule has 118 valence electrons. The van der Waals surface area contributed by atoms with Crippen LogP contribution in [0.2, 0.25) is 0 Å². The molecule has 0 aromatic heterocycles. The summed E-state index contributed by atoms with van der Waals surface area (Å²) in [7, 11) is 0. The van der Waals surface area contributed by atoms with Crippen molar-refractivity contribution < 1.29 is 10.2 Å². The highest BCUT2D eigenvalue weighted by atomic mass is 16.3. The van der Waals surface area contributed by atoms with Gasteiger partial charge in [-0.3, -0.25) is 0 Å². The molecule has 0 aliphatic heterocycles. The Balaban J connectivity index is 1.74. The van der Waals surface area contributed by atoms with Gasteiger partial charge in [-0.25, -0.2) is 0 Å². The highest BCUT2D eigenvalue weighted by molar-refractivity contribution is 5.41. The Bertz CT molecular complexity index is 608. The van der Waals surface area contributed by atoms with Crippen LogP contribution in [0.15, 0.2) is 30.9 Å². The first-order valence-electron chi connectivity index (χ1n) is 8.68. The number of aliphatic hydroxyl groups excluding tert-OH is 1. The second-order valence-electron chi connectivity index (χ2n) is 7.91. The van der Waals surface area contributed by atoms with Crippen molar-refractivity contribution in [3.8, 4) is 5.75 Å². The molecule has 4 rings (SSSR count). The van der Waals surface area contributed by atoms with Crippen LogP contribution in [0.25, 0.3) is 0 Å². The molecule has 0 heterocycles. The van der Waals surface area contributed by atoms with E-state index < -0.39 is 6.10 Å². The van der Waals surface area contributed by atoms with E-state index in [4.69, 9.17) is 0 Å². The number of aromatic hydroxyl groups is 1. The molecule has 4 unspecified atom stereocenters. The predicted octanol–water partition coefficient (Wildman–Crippen LogP) is 4.54. The molecule has 0 amide bonds. The number of hydrogen-bond acceptors (Lipinski definition) is 2. The number of rotatable bonds is 1. The Morgan fingerprint density at radius 1 is 1.23 bits per heavy atom. The maximum absolute atomic E-state index is 10.6. The van der Waals surface area contributed by atoms with E-state index in [1.807, 2.05) is 6.07 Å². The molecule has 6 atom stereocenters. The van der Waals surface area contributed by atoms with Gasteiger partial charge in [0.2, 0.25) is 0 Å². The average Bonchev–Trinajstić information content (AvgIpc) is 2.84. The predicted molar refractivity (Wildman–Crippen MR) is 87.7 cm³/mol. The lowest BCUT2D eigenvalue weighted by molar-refractivity contribution is 0.00646. The zero-order valence-electron chi connectivity index (χ0n) is 13.3. The third-order valence-corrected chi connectivity index (χ3v) is 7.12. The van der Waals surface area contributed by atoms with Gasteiger partial charge in [-0.05, 0) is 84.5 Å². The SMILES string of the molecule is C=CC1CCC2C3C[C@@H](O)c4cc(O)ccc4C3CC[C@]12C. The standard InChI is InChI=1S/C20H26O2/c1-3-12-4-7-18-16-11-19(22)17-10-13(21)5-6-14(17)15(16)8-9-20(12,18)2/h3,5-6,10,12,15-16,18-19,21-22H,1,4,7-9,11H2,2H3/t12?,15?,16?,18?,19-,20-/m1/s1.